The van der Waals surface area contributed by atoms with Crippen molar-refractivity contribution in [2.45, 2.75) is 52.3 Å². The van der Waals surface area contributed by atoms with Crippen LogP contribution in [0.25, 0.3) is 0 Å². The highest BCUT2D eigenvalue weighted by Crippen LogP contribution is 2.49. The summed E-state index contributed by atoms with van der Waals surface area (Å²) >= 11 is 0. The van der Waals surface area contributed by atoms with E-state index in [9.17, 15) is 22.8 Å². The Morgan fingerprint density at radius 1 is 1.00 bits per heavy atom. The normalized spacial score (nSPS) is 14.2. The lowest BCUT2D eigenvalue weighted by Gasteiger charge is -2.16. The van der Waals surface area contributed by atoms with Crippen molar-refractivity contribution in [1.29, 1.82) is 0 Å². The largest absolute Gasteiger partial charge is 0.418 e. The topological polar surface area (TPSA) is 84.0 Å². The van der Waals surface area contributed by atoms with E-state index >= 15 is 0 Å². The molecule has 0 saturated heterocycles. The zero-order valence-corrected chi connectivity index (χ0v) is 20.1. The summed E-state index contributed by atoms with van der Waals surface area (Å²) in [5, 5.41) is 5.61. The summed E-state index contributed by atoms with van der Waals surface area (Å²) < 4.78 is 40.1. The molecule has 1 amide bonds. The number of hydrogen-bond acceptors (Lipinski definition) is 5. The first-order chi connectivity index (χ1) is 17.1. The van der Waals surface area contributed by atoms with Crippen LogP contribution in [-0.4, -0.2) is 21.7 Å². The third-order valence-corrected chi connectivity index (χ3v) is 6.36. The maximum absolute atomic E-state index is 13.4. The molecule has 9 heteroatoms. The summed E-state index contributed by atoms with van der Waals surface area (Å²) in [4.78, 5) is 34.0. The summed E-state index contributed by atoms with van der Waals surface area (Å²) in [5.74, 6) is -0.312. The molecule has 0 spiro atoms. The number of carbonyl (C=O) groups excluding carboxylic acids is 2. The molecule has 2 aromatic heterocycles. The quantitative estimate of drug-likeness (QED) is 0.367. The number of ketones is 1. The van der Waals surface area contributed by atoms with Gasteiger partial charge < -0.3 is 10.6 Å². The molecule has 36 heavy (non-hydrogen) atoms. The van der Waals surface area contributed by atoms with Gasteiger partial charge in [0.1, 0.15) is 0 Å². The van der Waals surface area contributed by atoms with E-state index in [1.807, 2.05) is 13.0 Å². The number of alkyl halides is 3. The summed E-state index contributed by atoms with van der Waals surface area (Å²) in [6.07, 6.45) is 0.682. The van der Waals surface area contributed by atoms with Crippen molar-refractivity contribution in [3.8, 4) is 0 Å². The second kappa shape index (κ2) is 10.1. The van der Waals surface area contributed by atoms with Crippen LogP contribution in [0.2, 0.25) is 0 Å². The average Bonchev–Trinajstić information content (AvgIpc) is 3.64. The van der Waals surface area contributed by atoms with Crippen LogP contribution in [0, 0.1) is 12.3 Å². The van der Waals surface area contributed by atoms with Gasteiger partial charge in [-0.25, -0.2) is 0 Å². The Labute approximate surface area is 207 Å². The fourth-order valence-corrected chi connectivity index (χ4v) is 3.96. The molecule has 0 bridgehead atoms. The molecule has 2 heterocycles. The SMILES string of the molecule is CCc1ccc(C(=O)CC2(C(=O)NCc3ccc(Nc4ccc(C)cc4C(F)(F)F)cn3)CC2)cn1. The first kappa shape index (κ1) is 25.3. The van der Waals surface area contributed by atoms with Crippen molar-refractivity contribution >= 4 is 23.1 Å². The molecule has 0 radical (unpaired) electrons. The molecule has 0 atom stereocenters. The minimum atomic E-state index is -4.48. The minimum absolute atomic E-state index is 0.0594. The minimum Gasteiger partial charge on any atom is -0.354 e. The molecule has 1 saturated carbocycles. The summed E-state index contributed by atoms with van der Waals surface area (Å²) in [6, 6.07) is 10.9. The number of aryl methyl sites for hydroxylation is 2. The van der Waals surface area contributed by atoms with E-state index in [-0.39, 0.29) is 30.3 Å². The Balaban J connectivity index is 1.34. The standard InChI is InChI=1S/C27H27F3N4O2/c1-3-19-6-5-18(14-31-19)24(35)13-26(10-11-26)25(36)33-15-20-7-8-21(16-32-20)34-23-9-4-17(2)12-22(23)27(28,29)30/h4-9,12,14,16,34H,3,10-11,13,15H2,1-2H3,(H,33,36). The Morgan fingerprint density at radius 2 is 1.72 bits per heavy atom. The first-order valence-corrected chi connectivity index (χ1v) is 11.8. The second-order valence-electron chi connectivity index (χ2n) is 9.16. The van der Waals surface area contributed by atoms with E-state index in [1.165, 1.54) is 12.3 Å². The van der Waals surface area contributed by atoms with Crippen LogP contribution in [-0.2, 0) is 23.9 Å². The zero-order valence-electron chi connectivity index (χ0n) is 20.1. The average molecular weight is 497 g/mol. The highest BCUT2D eigenvalue weighted by molar-refractivity contribution is 6.00. The number of rotatable bonds is 9. The van der Waals surface area contributed by atoms with Gasteiger partial charge >= 0.3 is 6.18 Å². The van der Waals surface area contributed by atoms with Crippen molar-refractivity contribution in [2.24, 2.45) is 5.41 Å². The number of pyridine rings is 2. The monoisotopic (exact) mass is 496 g/mol. The number of nitrogens with one attached hydrogen (secondary N) is 2. The van der Waals surface area contributed by atoms with Crippen LogP contribution in [0.4, 0.5) is 24.5 Å². The van der Waals surface area contributed by atoms with Crippen molar-refractivity contribution in [3.05, 3.63) is 82.9 Å². The number of carbonyl (C=O) groups is 2. The summed E-state index contributed by atoms with van der Waals surface area (Å²) in [5.41, 5.74) is 1.34. The van der Waals surface area contributed by atoms with Crippen LogP contribution >= 0.6 is 0 Å². The lowest BCUT2D eigenvalue weighted by atomic mass is 9.95. The maximum atomic E-state index is 13.4. The van der Waals surface area contributed by atoms with Crippen molar-refractivity contribution in [3.63, 3.8) is 0 Å². The first-order valence-electron chi connectivity index (χ1n) is 11.8. The molecule has 4 rings (SSSR count). The van der Waals surface area contributed by atoms with Crippen LogP contribution in [0.3, 0.4) is 0 Å². The molecule has 2 N–H and O–H groups in total. The van der Waals surface area contributed by atoms with E-state index in [0.29, 0.717) is 35.3 Å². The number of aromatic nitrogens is 2. The van der Waals surface area contributed by atoms with Gasteiger partial charge in [0.2, 0.25) is 5.91 Å². The lowest BCUT2D eigenvalue weighted by molar-refractivity contribution is -0.137. The number of halogens is 3. The number of anilines is 2. The van der Waals surface area contributed by atoms with Gasteiger partial charge in [-0.1, -0.05) is 18.6 Å². The Bertz CT molecular complexity index is 1250. The zero-order chi connectivity index (χ0) is 25.9. The van der Waals surface area contributed by atoms with Crippen LogP contribution in [0.15, 0.2) is 54.9 Å². The van der Waals surface area contributed by atoms with Crippen molar-refractivity contribution < 1.29 is 22.8 Å². The highest BCUT2D eigenvalue weighted by atomic mass is 19.4. The molecule has 1 aliphatic carbocycles. The van der Waals surface area contributed by atoms with Gasteiger partial charge in [-0.3, -0.25) is 19.6 Å². The lowest BCUT2D eigenvalue weighted by Crippen LogP contribution is -2.33. The molecule has 3 aromatic rings. The third-order valence-electron chi connectivity index (χ3n) is 6.36. The fourth-order valence-electron chi connectivity index (χ4n) is 3.96. The fraction of sp³-hybridized carbons (Fsp3) is 0.333. The predicted molar refractivity (Wildman–Crippen MR) is 130 cm³/mol. The van der Waals surface area contributed by atoms with Gasteiger partial charge in [0.05, 0.1) is 40.8 Å². The number of nitrogens with zero attached hydrogens (tertiary/aromatic N) is 2. The molecule has 1 aliphatic rings. The van der Waals surface area contributed by atoms with Gasteiger partial charge in [-0.2, -0.15) is 13.2 Å². The van der Waals surface area contributed by atoms with E-state index in [1.54, 1.807) is 37.4 Å². The van der Waals surface area contributed by atoms with Gasteiger partial charge in [0, 0.05) is 23.9 Å². The molecule has 1 aromatic carbocycles. The van der Waals surface area contributed by atoms with Crippen molar-refractivity contribution in [2.75, 3.05) is 5.32 Å². The second-order valence-corrected chi connectivity index (χ2v) is 9.16. The van der Waals surface area contributed by atoms with Crippen LogP contribution < -0.4 is 10.6 Å². The molecule has 188 valence electrons. The Kier molecular flexibility index (Phi) is 7.10. The maximum Gasteiger partial charge on any atom is 0.418 e. The molecule has 0 aliphatic heterocycles. The van der Waals surface area contributed by atoms with E-state index in [4.69, 9.17) is 0 Å². The van der Waals surface area contributed by atoms with Crippen LogP contribution in [0.5, 0.6) is 0 Å². The smallest absolute Gasteiger partial charge is 0.354 e. The molecule has 1 fully saturated rings. The molecule has 6 nitrogen and oxygen atoms in total. The predicted octanol–water partition coefficient (Wildman–Crippen LogP) is 5.78. The van der Waals surface area contributed by atoms with E-state index < -0.39 is 17.2 Å². The summed E-state index contributed by atoms with van der Waals surface area (Å²) in [6.45, 7) is 3.74. The van der Waals surface area contributed by atoms with Crippen LogP contribution in [0.1, 0.15) is 59.1 Å². The number of benzene rings is 1. The molecular weight excluding hydrogens is 469 g/mol. The third kappa shape index (κ3) is 5.90. The molecule has 0 unspecified atom stereocenters. The van der Waals surface area contributed by atoms with Gasteiger partial charge in [0.25, 0.3) is 0 Å². The Hall–Kier alpha value is -3.75. The highest BCUT2D eigenvalue weighted by Gasteiger charge is 2.51. The van der Waals surface area contributed by atoms with Gasteiger partial charge in [-0.15, -0.1) is 0 Å². The number of amides is 1. The number of hydrogen-bond donors (Lipinski definition) is 2. The van der Waals surface area contributed by atoms with Gasteiger partial charge in [-0.05, 0) is 62.6 Å². The number of Topliss-reactive ketones (excluding diaryl/α,β-unsaturated/α-hetero) is 1. The molecular formula is C27H27F3N4O2. The van der Waals surface area contributed by atoms with Gasteiger partial charge in [0.15, 0.2) is 5.78 Å². The summed E-state index contributed by atoms with van der Waals surface area (Å²) in [7, 11) is 0. The Morgan fingerprint density at radius 3 is 2.31 bits per heavy atom. The van der Waals surface area contributed by atoms with E-state index in [2.05, 4.69) is 20.6 Å². The van der Waals surface area contributed by atoms with E-state index in [0.717, 1.165) is 18.2 Å². The van der Waals surface area contributed by atoms with Crippen molar-refractivity contribution in [1.82, 2.24) is 15.3 Å².